The summed E-state index contributed by atoms with van der Waals surface area (Å²) in [6.07, 6.45) is -0.635. The highest BCUT2D eigenvalue weighted by Gasteiger charge is 2.22. The smallest absolute Gasteiger partial charge is 0.533 e. The van der Waals surface area contributed by atoms with Gasteiger partial charge in [0.1, 0.15) is 5.21 Å². The molecule has 0 fully saturated rings. The van der Waals surface area contributed by atoms with Crippen molar-refractivity contribution in [1.82, 2.24) is 9.90 Å². The molecule has 0 N–H and O–H groups in total. The molecule has 1 heterocycles. The summed E-state index contributed by atoms with van der Waals surface area (Å²) in [5.41, 5.74) is 0.783. The normalized spacial score (nSPS) is 11.0. The Morgan fingerprint density at radius 1 is 1.53 bits per heavy atom. The first kappa shape index (κ1) is 11.4. The van der Waals surface area contributed by atoms with Crippen molar-refractivity contribution in [2.45, 2.75) is 13.8 Å². The summed E-state index contributed by atoms with van der Waals surface area (Å²) >= 11 is 0. The molecule has 0 aliphatic rings. The molecule has 0 saturated heterocycles. The lowest BCUT2D eigenvalue weighted by Gasteiger charge is -2.02. The second-order valence-corrected chi connectivity index (χ2v) is 4.13. The fraction of sp³-hybridized carbons (Fsp3) is 0.364. The van der Waals surface area contributed by atoms with Crippen molar-refractivity contribution in [3.05, 3.63) is 29.5 Å². The van der Waals surface area contributed by atoms with Crippen molar-refractivity contribution < 1.29 is 14.4 Å². The molecule has 0 atom stereocenters. The molecule has 6 nitrogen and oxygen atoms in total. The van der Waals surface area contributed by atoms with Gasteiger partial charge in [-0.1, -0.05) is 26.0 Å². The van der Waals surface area contributed by atoms with Gasteiger partial charge in [0.25, 0.3) is 0 Å². The predicted molar refractivity (Wildman–Crippen MR) is 60.3 cm³/mol. The average molecular weight is 235 g/mol. The lowest BCUT2D eigenvalue weighted by atomic mass is 10.2. The maximum atomic E-state index is 11.7. The molecule has 0 spiro atoms. The molecule has 6 heteroatoms. The van der Waals surface area contributed by atoms with Crippen LogP contribution in [0.2, 0.25) is 0 Å². The van der Waals surface area contributed by atoms with Gasteiger partial charge in [0.2, 0.25) is 11.0 Å². The zero-order chi connectivity index (χ0) is 12.4. The van der Waals surface area contributed by atoms with Gasteiger partial charge in [0, 0.05) is 0 Å². The van der Waals surface area contributed by atoms with E-state index in [1.165, 1.54) is 0 Å². The molecular weight excluding hydrogens is 222 g/mol. The van der Waals surface area contributed by atoms with E-state index in [0.29, 0.717) is 22.5 Å². The van der Waals surface area contributed by atoms with Crippen LogP contribution in [0.15, 0.2) is 24.3 Å². The first-order valence-electron chi connectivity index (χ1n) is 5.34. The highest BCUT2D eigenvalue weighted by molar-refractivity contribution is 5.83. The number of benzene rings is 1. The topological polar surface area (TPSA) is 71.1 Å². The minimum atomic E-state index is -0.635. The molecule has 0 bridgehead atoms. The molecule has 17 heavy (non-hydrogen) atoms. The van der Waals surface area contributed by atoms with Crippen LogP contribution in [0.1, 0.15) is 13.8 Å². The van der Waals surface area contributed by atoms with E-state index in [9.17, 15) is 10.0 Å². The number of carbonyl (C=O) groups excluding carboxylic acids is 1. The Balaban J connectivity index is 2.32. The van der Waals surface area contributed by atoms with E-state index in [-0.39, 0.29) is 5.92 Å². The molecule has 1 aromatic heterocycles. The zero-order valence-corrected chi connectivity index (χ0v) is 9.66. The molecule has 0 aliphatic carbocycles. The third-order valence-corrected chi connectivity index (χ3v) is 2.20. The van der Waals surface area contributed by atoms with Crippen molar-refractivity contribution in [3.8, 4) is 0 Å². The molecule has 0 saturated carbocycles. The van der Waals surface area contributed by atoms with Gasteiger partial charge >= 0.3 is 6.09 Å². The summed E-state index contributed by atoms with van der Waals surface area (Å²) in [6.45, 7) is 4.16. The van der Waals surface area contributed by atoms with Crippen LogP contribution in [-0.2, 0) is 4.74 Å². The van der Waals surface area contributed by atoms with Gasteiger partial charge in [-0.25, -0.2) is 0 Å². The van der Waals surface area contributed by atoms with Crippen molar-refractivity contribution in [1.29, 1.82) is 0 Å². The lowest BCUT2D eigenvalue weighted by Crippen LogP contribution is -2.31. The number of hydrogen-bond acceptors (Lipinski definition) is 4. The van der Waals surface area contributed by atoms with Gasteiger partial charge < -0.3 is 9.94 Å². The van der Waals surface area contributed by atoms with Gasteiger partial charge in [0.05, 0.1) is 6.61 Å². The summed E-state index contributed by atoms with van der Waals surface area (Å²) in [6, 6.07) is 6.69. The zero-order valence-electron chi connectivity index (χ0n) is 9.66. The summed E-state index contributed by atoms with van der Waals surface area (Å²) < 4.78 is 6.00. The maximum absolute atomic E-state index is 11.7. The van der Waals surface area contributed by atoms with Gasteiger partial charge in [-0.2, -0.15) is 4.79 Å². The molecule has 90 valence electrons. The maximum Gasteiger partial charge on any atom is 0.533 e. The van der Waals surface area contributed by atoms with Crippen LogP contribution in [0.5, 0.6) is 0 Å². The van der Waals surface area contributed by atoms with E-state index in [1.54, 1.807) is 24.3 Å². The molecular formula is C11H13N3O3. The number of nitrogens with zero attached hydrogens (tertiary/aromatic N) is 3. The Morgan fingerprint density at radius 2 is 2.24 bits per heavy atom. The van der Waals surface area contributed by atoms with E-state index in [0.717, 1.165) is 4.68 Å². The summed E-state index contributed by atoms with van der Waals surface area (Å²) in [4.78, 5) is 12.1. The Kier molecular flexibility index (Phi) is 2.95. The van der Waals surface area contributed by atoms with Crippen molar-refractivity contribution in [2.75, 3.05) is 6.61 Å². The molecule has 0 radical (unpaired) electrons. The number of para-hydroxylation sites is 2. The predicted octanol–water partition coefficient (Wildman–Crippen LogP) is 1.31. The van der Waals surface area contributed by atoms with Crippen molar-refractivity contribution in [3.63, 3.8) is 0 Å². The summed E-state index contributed by atoms with van der Waals surface area (Å²) in [5, 5.41) is 15.0. The SMILES string of the molecule is CC(C)COC(=O)n1n[n+]([O-])c2ccccc21. The lowest BCUT2D eigenvalue weighted by molar-refractivity contribution is -0.645. The summed E-state index contributed by atoms with van der Waals surface area (Å²) in [7, 11) is 0. The van der Waals surface area contributed by atoms with Gasteiger partial charge in [-0.3, -0.25) is 0 Å². The van der Waals surface area contributed by atoms with E-state index < -0.39 is 6.09 Å². The van der Waals surface area contributed by atoms with Crippen LogP contribution >= 0.6 is 0 Å². The Bertz CT molecular complexity index is 548. The third kappa shape index (κ3) is 2.20. The molecule has 2 aromatic rings. The fourth-order valence-corrected chi connectivity index (χ4v) is 1.42. The standard InChI is InChI=1S/C11H13N3O3/c1-8(2)7-17-11(15)13-9-5-3-4-6-10(9)14(16)12-13/h3-6,8H,7H2,1-2H3. The fourth-order valence-electron chi connectivity index (χ4n) is 1.42. The van der Waals surface area contributed by atoms with E-state index in [2.05, 4.69) is 5.21 Å². The molecule has 2 rings (SSSR count). The van der Waals surface area contributed by atoms with Crippen LogP contribution < -0.4 is 4.85 Å². The Morgan fingerprint density at radius 3 is 2.94 bits per heavy atom. The van der Waals surface area contributed by atoms with Gasteiger partial charge in [-0.05, 0) is 22.7 Å². The summed E-state index contributed by atoms with van der Waals surface area (Å²) in [5.74, 6) is 0.236. The highest BCUT2D eigenvalue weighted by Crippen LogP contribution is 2.09. The first-order chi connectivity index (χ1) is 8.09. The minimum absolute atomic E-state index is 0.236. The van der Waals surface area contributed by atoms with Crippen LogP contribution in [0.4, 0.5) is 4.79 Å². The molecule has 1 aromatic carbocycles. The number of hydrogen-bond donors (Lipinski definition) is 0. The molecule has 0 aliphatic heterocycles. The number of fused-ring (bicyclic) bond motifs is 1. The van der Waals surface area contributed by atoms with Gasteiger partial charge in [-0.15, -0.1) is 4.85 Å². The van der Waals surface area contributed by atoms with Crippen molar-refractivity contribution in [2.24, 2.45) is 5.92 Å². The third-order valence-electron chi connectivity index (χ3n) is 2.20. The monoisotopic (exact) mass is 235 g/mol. The average Bonchev–Trinajstić information content (AvgIpc) is 2.65. The van der Waals surface area contributed by atoms with Crippen molar-refractivity contribution >= 4 is 17.1 Å². The number of aromatic nitrogens is 3. The number of ether oxygens (including phenoxy) is 1. The van der Waals surface area contributed by atoms with Crippen LogP contribution in [-0.4, -0.2) is 22.6 Å². The van der Waals surface area contributed by atoms with Crippen LogP contribution in [0, 0.1) is 11.1 Å². The van der Waals surface area contributed by atoms with Crippen LogP contribution in [0.25, 0.3) is 11.0 Å². The first-order valence-corrected chi connectivity index (χ1v) is 5.34. The molecule has 0 amide bonds. The van der Waals surface area contributed by atoms with E-state index >= 15 is 0 Å². The molecule has 0 unspecified atom stereocenters. The number of carbonyl (C=O) groups is 1. The quantitative estimate of drug-likeness (QED) is 0.581. The van der Waals surface area contributed by atoms with Crippen LogP contribution in [0.3, 0.4) is 0 Å². The Labute approximate surface area is 98.0 Å². The minimum Gasteiger partial charge on any atom is -0.691 e. The number of rotatable bonds is 2. The highest BCUT2D eigenvalue weighted by atomic mass is 16.6. The van der Waals surface area contributed by atoms with E-state index in [1.807, 2.05) is 13.8 Å². The second-order valence-electron chi connectivity index (χ2n) is 4.13. The largest absolute Gasteiger partial charge is 0.691 e. The second kappa shape index (κ2) is 4.40. The Hall–Kier alpha value is -2.11. The van der Waals surface area contributed by atoms with E-state index in [4.69, 9.17) is 4.74 Å². The van der Waals surface area contributed by atoms with Gasteiger partial charge in [0.15, 0.2) is 0 Å².